The zero-order valence-electron chi connectivity index (χ0n) is 14.2. The number of hydrogen-bond donors (Lipinski definition) is 3. The van der Waals surface area contributed by atoms with E-state index in [1.165, 1.54) is 6.33 Å². The molecule has 0 aliphatic rings. The molecule has 0 spiro atoms. The van der Waals surface area contributed by atoms with Gasteiger partial charge in [0.25, 0.3) is 11.6 Å². The molecular weight excluding hydrogens is 379 g/mol. The second-order valence-corrected chi connectivity index (χ2v) is 5.80. The molecule has 1 aromatic heterocycles. The van der Waals surface area contributed by atoms with Crippen LogP contribution in [0.15, 0.2) is 42.7 Å². The predicted octanol–water partition coefficient (Wildman–Crippen LogP) is 3.33. The van der Waals surface area contributed by atoms with Gasteiger partial charge in [-0.3, -0.25) is 14.9 Å². The van der Waals surface area contributed by atoms with Crippen molar-refractivity contribution in [2.75, 3.05) is 18.4 Å². The average Bonchev–Trinajstić information content (AvgIpc) is 3.11. The van der Waals surface area contributed by atoms with Crippen molar-refractivity contribution in [3.05, 3.63) is 64.0 Å². The molecule has 0 bridgehead atoms. The molecule has 3 rings (SSSR count). The van der Waals surface area contributed by atoms with E-state index < -0.39 is 22.4 Å². The number of alkyl halides is 3. The Morgan fingerprint density at radius 2 is 1.96 bits per heavy atom. The van der Waals surface area contributed by atoms with Gasteiger partial charge in [0.05, 0.1) is 27.8 Å². The molecule has 3 aromatic rings. The van der Waals surface area contributed by atoms with Crippen LogP contribution in [0.1, 0.15) is 15.9 Å². The maximum Gasteiger partial charge on any atom is 0.416 e. The first-order valence-corrected chi connectivity index (χ1v) is 8.06. The standard InChI is InChI=1S/C17H14F3N5O3/c18-17(19,20)11-2-4-13(15(8-11)25(27)28)21-5-6-22-16(26)10-1-3-12-14(7-10)24-9-23-12/h1-4,7-9,21H,5-6H2,(H,22,26)(H,23,24). The van der Waals surface area contributed by atoms with Crippen molar-refractivity contribution in [3.8, 4) is 0 Å². The number of aromatic nitrogens is 2. The molecule has 0 fully saturated rings. The van der Waals surface area contributed by atoms with E-state index >= 15 is 0 Å². The van der Waals surface area contributed by atoms with Crippen LogP contribution in [0.5, 0.6) is 0 Å². The summed E-state index contributed by atoms with van der Waals surface area (Å²) in [5, 5.41) is 16.3. The third kappa shape index (κ3) is 4.19. The van der Waals surface area contributed by atoms with Crippen LogP contribution in [0.25, 0.3) is 11.0 Å². The minimum absolute atomic E-state index is 0.0638. The fourth-order valence-electron chi connectivity index (χ4n) is 2.56. The Hall–Kier alpha value is -3.63. The molecule has 146 valence electrons. The molecule has 11 heteroatoms. The van der Waals surface area contributed by atoms with Crippen LogP contribution >= 0.6 is 0 Å². The van der Waals surface area contributed by atoms with Gasteiger partial charge in [0, 0.05) is 24.7 Å². The minimum atomic E-state index is -4.67. The van der Waals surface area contributed by atoms with Gasteiger partial charge in [-0.15, -0.1) is 0 Å². The van der Waals surface area contributed by atoms with Crippen molar-refractivity contribution < 1.29 is 22.9 Å². The smallest absolute Gasteiger partial charge is 0.378 e. The van der Waals surface area contributed by atoms with Crippen molar-refractivity contribution in [1.82, 2.24) is 15.3 Å². The van der Waals surface area contributed by atoms with Crippen LogP contribution < -0.4 is 10.6 Å². The number of nitro groups is 1. The van der Waals surface area contributed by atoms with E-state index in [-0.39, 0.29) is 24.7 Å². The molecule has 1 heterocycles. The van der Waals surface area contributed by atoms with E-state index in [1.54, 1.807) is 18.2 Å². The van der Waals surface area contributed by atoms with Crippen LogP contribution in [0.2, 0.25) is 0 Å². The molecule has 3 N–H and O–H groups in total. The Kier molecular flexibility index (Phi) is 5.16. The van der Waals surface area contributed by atoms with E-state index in [9.17, 15) is 28.1 Å². The van der Waals surface area contributed by atoms with Gasteiger partial charge in [-0.05, 0) is 30.3 Å². The summed E-state index contributed by atoms with van der Waals surface area (Å²) in [5.41, 5.74) is -0.0412. The molecule has 8 nitrogen and oxygen atoms in total. The number of anilines is 1. The monoisotopic (exact) mass is 393 g/mol. The third-order valence-electron chi connectivity index (χ3n) is 3.93. The molecule has 0 aliphatic heterocycles. The summed E-state index contributed by atoms with van der Waals surface area (Å²) < 4.78 is 38.1. The number of fused-ring (bicyclic) bond motifs is 1. The number of rotatable bonds is 6. The third-order valence-corrected chi connectivity index (χ3v) is 3.93. The van der Waals surface area contributed by atoms with Crippen molar-refractivity contribution >= 4 is 28.3 Å². The summed E-state index contributed by atoms with van der Waals surface area (Å²) in [6.07, 6.45) is -3.17. The van der Waals surface area contributed by atoms with Crippen molar-refractivity contribution in [1.29, 1.82) is 0 Å². The molecule has 0 unspecified atom stereocenters. The average molecular weight is 393 g/mol. The van der Waals surface area contributed by atoms with Crippen LogP contribution in [-0.2, 0) is 6.18 Å². The largest absolute Gasteiger partial charge is 0.416 e. The number of nitro benzene ring substituents is 1. The Morgan fingerprint density at radius 3 is 2.68 bits per heavy atom. The predicted molar refractivity (Wildman–Crippen MR) is 95.0 cm³/mol. The zero-order chi connectivity index (χ0) is 20.3. The van der Waals surface area contributed by atoms with Crippen LogP contribution in [-0.4, -0.2) is 33.9 Å². The first kappa shape index (κ1) is 19.1. The normalized spacial score (nSPS) is 11.4. The molecule has 28 heavy (non-hydrogen) atoms. The lowest BCUT2D eigenvalue weighted by atomic mass is 10.1. The second kappa shape index (κ2) is 7.55. The maximum absolute atomic E-state index is 12.7. The summed E-state index contributed by atoms with van der Waals surface area (Å²) >= 11 is 0. The number of imidazole rings is 1. The number of nitrogens with zero attached hydrogens (tertiary/aromatic N) is 2. The number of hydrogen-bond acceptors (Lipinski definition) is 5. The number of carbonyl (C=O) groups is 1. The number of aromatic amines is 1. The summed E-state index contributed by atoms with van der Waals surface area (Å²) in [6.45, 7) is 0.197. The first-order chi connectivity index (χ1) is 13.3. The quantitative estimate of drug-likeness (QED) is 0.338. The minimum Gasteiger partial charge on any atom is -0.378 e. The van der Waals surface area contributed by atoms with Gasteiger partial charge in [-0.25, -0.2) is 4.98 Å². The number of benzene rings is 2. The van der Waals surface area contributed by atoms with E-state index in [1.807, 2.05) is 0 Å². The van der Waals surface area contributed by atoms with Crippen molar-refractivity contribution in [2.45, 2.75) is 6.18 Å². The van der Waals surface area contributed by atoms with Gasteiger partial charge in [-0.2, -0.15) is 13.2 Å². The lowest BCUT2D eigenvalue weighted by Gasteiger charge is -2.11. The van der Waals surface area contributed by atoms with E-state index in [0.29, 0.717) is 22.7 Å². The molecule has 0 saturated heterocycles. The molecule has 2 aromatic carbocycles. The lowest BCUT2D eigenvalue weighted by Crippen LogP contribution is -2.28. The van der Waals surface area contributed by atoms with Gasteiger partial charge >= 0.3 is 6.18 Å². The van der Waals surface area contributed by atoms with Crippen LogP contribution in [0.3, 0.4) is 0 Å². The second-order valence-electron chi connectivity index (χ2n) is 5.80. The molecule has 0 aliphatic carbocycles. The summed E-state index contributed by atoms with van der Waals surface area (Å²) in [7, 11) is 0. The van der Waals surface area contributed by atoms with Crippen molar-refractivity contribution in [2.24, 2.45) is 0 Å². The fraction of sp³-hybridized carbons (Fsp3) is 0.176. The van der Waals surface area contributed by atoms with E-state index in [4.69, 9.17) is 0 Å². The number of H-pyrrole nitrogens is 1. The summed E-state index contributed by atoms with van der Waals surface area (Å²) in [6, 6.07) is 7.14. The highest BCUT2D eigenvalue weighted by Gasteiger charge is 2.33. The summed E-state index contributed by atoms with van der Waals surface area (Å²) in [5.74, 6) is -0.361. The number of amides is 1. The Balaban J connectivity index is 1.60. The Labute approximate surface area is 155 Å². The highest BCUT2D eigenvalue weighted by atomic mass is 19.4. The zero-order valence-corrected chi connectivity index (χ0v) is 14.2. The number of nitrogens with one attached hydrogen (secondary N) is 3. The van der Waals surface area contributed by atoms with E-state index in [0.717, 1.165) is 12.1 Å². The highest BCUT2D eigenvalue weighted by molar-refractivity contribution is 5.97. The Morgan fingerprint density at radius 1 is 1.18 bits per heavy atom. The topological polar surface area (TPSA) is 113 Å². The fourth-order valence-corrected chi connectivity index (χ4v) is 2.56. The van der Waals surface area contributed by atoms with E-state index in [2.05, 4.69) is 20.6 Å². The van der Waals surface area contributed by atoms with Gasteiger partial charge in [-0.1, -0.05) is 0 Å². The lowest BCUT2D eigenvalue weighted by molar-refractivity contribution is -0.384. The molecule has 0 radical (unpaired) electrons. The molecular formula is C17H14F3N5O3. The van der Waals surface area contributed by atoms with Crippen LogP contribution in [0, 0.1) is 10.1 Å². The Bertz CT molecular complexity index is 1030. The number of halogens is 3. The highest BCUT2D eigenvalue weighted by Crippen LogP contribution is 2.34. The SMILES string of the molecule is O=C(NCCNc1ccc(C(F)(F)F)cc1[N+](=O)[O-])c1ccc2nc[nH]c2c1. The van der Waals surface area contributed by atoms with Gasteiger partial charge < -0.3 is 15.6 Å². The molecule has 0 saturated carbocycles. The van der Waals surface area contributed by atoms with Gasteiger partial charge in [0.2, 0.25) is 0 Å². The molecule has 0 atom stereocenters. The van der Waals surface area contributed by atoms with Gasteiger partial charge in [0.15, 0.2) is 0 Å². The maximum atomic E-state index is 12.7. The van der Waals surface area contributed by atoms with Crippen LogP contribution in [0.4, 0.5) is 24.5 Å². The molecule has 1 amide bonds. The van der Waals surface area contributed by atoms with Gasteiger partial charge in [0.1, 0.15) is 5.69 Å². The number of carbonyl (C=O) groups excluding carboxylic acids is 1. The van der Waals surface area contributed by atoms with Crippen molar-refractivity contribution in [3.63, 3.8) is 0 Å². The first-order valence-electron chi connectivity index (χ1n) is 8.06. The summed E-state index contributed by atoms with van der Waals surface area (Å²) in [4.78, 5) is 29.2.